The topological polar surface area (TPSA) is 58.4 Å². The lowest BCUT2D eigenvalue weighted by atomic mass is 10.1. The normalized spacial score (nSPS) is 12.7. The van der Waals surface area contributed by atoms with Gasteiger partial charge in [0.15, 0.2) is 0 Å². The zero-order valence-corrected chi connectivity index (χ0v) is 13.0. The molecule has 0 saturated carbocycles. The number of rotatable bonds is 7. The molecule has 1 rings (SSSR count). The molecular weight excluding hydrogens is 250 g/mol. The van der Waals surface area contributed by atoms with E-state index in [9.17, 15) is 4.79 Å². The summed E-state index contributed by atoms with van der Waals surface area (Å²) in [7, 11) is 1.96. The Morgan fingerprint density at radius 3 is 2.40 bits per heavy atom. The number of carbonyl (C=O) groups excluding carboxylic acids is 1. The van der Waals surface area contributed by atoms with Crippen LogP contribution in [0.3, 0.4) is 0 Å². The second kappa shape index (κ2) is 7.90. The Morgan fingerprint density at radius 1 is 1.25 bits per heavy atom. The summed E-state index contributed by atoms with van der Waals surface area (Å²) in [5.74, 6) is 0.696. The van der Waals surface area contributed by atoms with Gasteiger partial charge in [0.1, 0.15) is 0 Å². The molecule has 1 aromatic carbocycles. The Bertz CT molecular complexity index is 414. The number of hydrogen-bond acceptors (Lipinski definition) is 3. The predicted molar refractivity (Wildman–Crippen MR) is 84.2 cm³/mol. The van der Waals surface area contributed by atoms with Crippen LogP contribution in [-0.4, -0.2) is 30.4 Å². The lowest BCUT2D eigenvalue weighted by Crippen LogP contribution is -2.43. The molecule has 0 bridgehead atoms. The highest BCUT2D eigenvalue weighted by Gasteiger charge is 2.17. The number of likely N-dealkylation sites (N-methyl/N-ethyl adjacent to an activating group) is 1. The molecule has 0 radical (unpaired) electrons. The van der Waals surface area contributed by atoms with Crippen LogP contribution in [0, 0.1) is 5.92 Å². The first-order valence-corrected chi connectivity index (χ1v) is 7.22. The van der Waals surface area contributed by atoms with Crippen molar-refractivity contribution in [3.63, 3.8) is 0 Å². The fourth-order valence-electron chi connectivity index (χ4n) is 1.88. The van der Waals surface area contributed by atoms with Crippen molar-refractivity contribution in [1.29, 1.82) is 0 Å². The first kappa shape index (κ1) is 16.5. The monoisotopic (exact) mass is 277 g/mol. The van der Waals surface area contributed by atoms with Crippen molar-refractivity contribution in [3.8, 4) is 0 Å². The number of nitrogens with two attached hydrogens (primary N) is 1. The minimum Gasteiger partial charge on any atom is -0.399 e. The number of carbonyl (C=O) groups is 1. The molecule has 3 N–H and O–H groups in total. The quantitative estimate of drug-likeness (QED) is 0.752. The lowest BCUT2D eigenvalue weighted by Gasteiger charge is -2.24. The molecule has 0 aliphatic heterocycles. The second-order valence-electron chi connectivity index (χ2n) is 5.81. The number of hydrogen-bond donors (Lipinski definition) is 2. The predicted octanol–water partition coefficient (Wildman–Crippen LogP) is 2.25. The van der Waals surface area contributed by atoms with Gasteiger partial charge in [-0.2, -0.15) is 0 Å². The summed E-state index contributed by atoms with van der Waals surface area (Å²) in [6.45, 7) is 7.73. The molecule has 4 nitrogen and oxygen atoms in total. The van der Waals surface area contributed by atoms with Crippen molar-refractivity contribution >= 4 is 11.6 Å². The molecule has 20 heavy (non-hydrogen) atoms. The smallest absolute Gasteiger partial charge is 0.237 e. The Hall–Kier alpha value is -1.55. The van der Waals surface area contributed by atoms with E-state index in [2.05, 4.69) is 19.2 Å². The van der Waals surface area contributed by atoms with E-state index < -0.39 is 0 Å². The minimum atomic E-state index is -0.139. The summed E-state index contributed by atoms with van der Waals surface area (Å²) < 4.78 is 0. The van der Waals surface area contributed by atoms with Crippen LogP contribution in [0.4, 0.5) is 5.69 Å². The molecule has 1 aromatic rings. The molecule has 0 spiro atoms. The zero-order chi connectivity index (χ0) is 15.1. The average Bonchev–Trinajstić information content (AvgIpc) is 2.39. The molecule has 0 aromatic heterocycles. The highest BCUT2D eigenvalue weighted by Crippen LogP contribution is 2.09. The molecule has 1 atom stereocenters. The van der Waals surface area contributed by atoms with E-state index >= 15 is 0 Å². The van der Waals surface area contributed by atoms with Gasteiger partial charge in [0.05, 0.1) is 6.04 Å². The fourth-order valence-corrected chi connectivity index (χ4v) is 1.88. The van der Waals surface area contributed by atoms with Crippen LogP contribution in [0.1, 0.15) is 32.8 Å². The van der Waals surface area contributed by atoms with E-state index in [-0.39, 0.29) is 11.9 Å². The minimum absolute atomic E-state index is 0.0867. The van der Waals surface area contributed by atoms with Gasteiger partial charge in [0, 0.05) is 18.8 Å². The second-order valence-corrected chi connectivity index (χ2v) is 5.81. The Kier molecular flexibility index (Phi) is 6.52. The molecule has 112 valence electrons. The molecule has 0 heterocycles. The van der Waals surface area contributed by atoms with Gasteiger partial charge in [0.2, 0.25) is 5.91 Å². The van der Waals surface area contributed by atoms with E-state index in [0.29, 0.717) is 5.92 Å². The lowest BCUT2D eigenvalue weighted by molar-refractivity contribution is -0.125. The van der Waals surface area contributed by atoms with Crippen LogP contribution in [0.2, 0.25) is 0 Å². The largest absolute Gasteiger partial charge is 0.399 e. The fraction of sp³-hybridized carbons (Fsp3) is 0.562. The maximum absolute atomic E-state index is 12.0. The van der Waals surface area contributed by atoms with Crippen LogP contribution < -0.4 is 11.1 Å². The number of nitrogens with one attached hydrogen (secondary N) is 1. The Labute approximate surface area is 122 Å². The van der Waals surface area contributed by atoms with Crippen LogP contribution in [0.15, 0.2) is 24.3 Å². The number of nitrogen functional groups attached to an aromatic ring is 1. The van der Waals surface area contributed by atoms with Crippen molar-refractivity contribution in [2.75, 3.05) is 19.3 Å². The third-order valence-electron chi connectivity index (χ3n) is 3.47. The average molecular weight is 277 g/mol. The molecule has 0 aliphatic carbocycles. The number of amides is 1. The van der Waals surface area contributed by atoms with Crippen LogP contribution in [0.25, 0.3) is 0 Å². The summed E-state index contributed by atoms with van der Waals surface area (Å²) in [5, 5.41) is 2.99. The number of benzene rings is 1. The van der Waals surface area contributed by atoms with Gasteiger partial charge in [-0.1, -0.05) is 26.0 Å². The highest BCUT2D eigenvalue weighted by atomic mass is 16.2. The number of anilines is 1. The van der Waals surface area contributed by atoms with Crippen molar-refractivity contribution in [2.24, 2.45) is 5.92 Å². The zero-order valence-electron chi connectivity index (χ0n) is 13.0. The van der Waals surface area contributed by atoms with Gasteiger partial charge in [-0.3, -0.25) is 9.69 Å². The SMILES string of the molecule is CC(C)CCNC(=O)C(C)N(C)Cc1ccc(N)cc1. The van der Waals surface area contributed by atoms with E-state index in [0.717, 1.165) is 30.8 Å². The highest BCUT2D eigenvalue weighted by molar-refractivity contribution is 5.81. The van der Waals surface area contributed by atoms with Gasteiger partial charge in [-0.25, -0.2) is 0 Å². The third-order valence-corrected chi connectivity index (χ3v) is 3.47. The van der Waals surface area contributed by atoms with E-state index in [1.165, 1.54) is 0 Å². The van der Waals surface area contributed by atoms with Gasteiger partial charge < -0.3 is 11.1 Å². The maximum atomic E-state index is 12.0. The van der Waals surface area contributed by atoms with E-state index in [1.807, 2.05) is 43.1 Å². The molecule has 1 amide bonds. The summed E-state index contributed by atoms with van der Waals surface area (Å²) in [5.41, 5.74) is 7.58. The maximum Gasteiger partial charge on any atom is 0.237 e. The van der Waals surface area contributed by atoms with Crippen LogP contribution in [-0.2, 0) is 11.3 Å². The van der Waals surface area contributed by atoms with E-state index in [1.54, 1.807) is 0 Å². The first-order chi connectivity index (χ1) is 9.40. The van der Waals surface area contributed by atoms with Crippen LogP contribution >= 0.6 is 0 Å². The van der Waals surface area contributed by atoms with Crippen molar-refractivity contribution in [3.05, 3.63) is 29.8 Å². The summed E-state index contributed by atoms with van der Waals surface area (Å²) >= 11 is 0. The van der Waals surface area contributed by atoms with Crippen molar-refractivity contribution in [2.45, 2.75) is 39.8 Å². The molecule has 0 fully saturated rings. The molecular formula is C16H27N3O. The van der Waals surface area contributed by atoms with Crippen molar-refractivity contribution in [1.82, 2.24) is 10.2 Å². The Balaban J connectivity index is 2.43. The number of nitrogens with zero attached hydrogens (tertiary/aromatic N) is 1. The third kappa shape index (κ3) is 5.61. The summed E-state index contributed by atoms with van der Waals surface area (Å²) in [6.07, 6.45) is 1.01. The van der Waals surface area contributed by atoms with E-state index in [4.69, 9.17) is 5.73 Å². The molecule has 0 aliphatic rings. The molecule has 0 saturated heterocycles. The Morgan fingerprint density at radius 2 is 1.85 bits per heavy atom. The molecule has 1 unspecified atom stereocenters. The van der Waals surface area contributed by atoms with Gasteiger partial charge in [0.25, 0.3) is 0 Å². The van der Waals surface area contributed by atoms with Crippen molar-refractivity contribution < 1.29 is 4.79 Å². The summed E-state index contributed by atoms with van der Waals surface area (Å²) in [6, 6.07) is 7.62. The van der Waals surface area contributed by atoms with Crippen LogP contribution in [0.5, 0.6) is 0 Å². The standard InChI is InChI=1S/C16H27N3O/c1-12(2)9-10-18-16(20)13(3)19(4)11-14-5-7-15(17)8-6-14/h5-8,12-13H,9-11,17H2,1-4H3,(H,18,20). The first-order valence-electron chi connectivity index (χ1n) is 7.22. The molecule has 4 heteroatoms. The summed E-state index contributed by atoms with van der Waals surface area (Å²) in [4.78, 5) is 14.1. The van der Waals surface area contributed by atoms with Gasteiger partial charge >= 0.3 is 0 Å². The van der Waals surface area contributed by atoms with Gasteiger partial charge in [-0.05, 0) is 44.0 Å². The van der Waals surface area contributed by atoms with Gasteiger partial charge in [-0.15, -0.1) is 0 Å².